The van der Waals surface area contributed by atoms with E-state index in [0.717, 1.165) is 13.1 Å². The van der Waals surface area contributed by atoms with Crippen molar-refractivity contribution in [3.63, 3.8) is 0 Å². The Morgan fingerprint density at radius 2 is 2.07 bits per heavy atom. The van der Waals surface area contributed by atoms with Gasteiger partial charge in [0.05, 0.1) is 0 Å². The molecule has 0 spiro atoms. The monoisotopic (exact) mass is 198 g/mol. The molecule has 0 saturated carbocycles. The van der Waals surface area contributed by atoms with E-state index in [4.69, 9.17) is 0 Å². The summed E-state index contributed by atoms with van der Waals surface area (Å²) in [6.07, 6.45) is 2.43. The Labute approximate surface area is 88.8 Å². The lowest BCUT2D eigenvalue weighted by Gasteiger charge is -2.44. The first-order valence-electron chi connectivity index (χ1n) is 5.86. The van der Waals surface area contributed by atoms with Crippen LogP contribution in [-0.4, -0.2) is 24.7 Å². The van der Waals surface area contributed by atoms with Crippen LogP contribution in [0.25, 0.3) is 0 Å². The van der Waals surface area contributed by atoms with Gasteiger partial charge in [0.25, 0.3) is 0 Å². The molecular formula is C12H26N2. The van der Waals surface area contributed by atoms with Gasteiger partial charge in [-0.2, -0.15) is 0 Å². The fraction of sp³-hybridized carbons (Fsp3) is 1.00. The molecule has 1 heterocycles. The van der Waals surface area contributed by atoms with Crippen molar-refractivity contribution in [2.24, 2.45) is 5.41 Å². The van der Waals surface area contributed by atoms with Gasteiger partial charge in [-0.05, 0) is 38.6 Å². The van der Waals surface area contributed by atoms with Crippen molar-refractivity contribution in [2.75, 3.05) is 13.1 Å². The molecule has 0 aromatic carbocycles. The summed E-state index contributed by atoms with van der Waals surface area (Å²) >= 11 is 0. The van der Waals surface area contributed by atoms with Gasteiger partial charge in [0, 0.05) is 18.1 Å². The molecule has 0 aromatic heterocycles. The molecule has 2 N–H and O–H groups in total. The van der Waals surface area contributed by atoms with E-state index < -0.39 is 0 Å². The van der Waals surface area contributed by atoms with Crippen LogP contribution in [0.1, 0.15) is 47.5 Å². The number of hydrogen-bond donors (Lipinski definition) is 2. The molecule has 1 aliphatic heterocycles. The summed E-state index contributed by atoms with van der Waals surface area (Å²) in [6.45, 7) is 13.8. The second kappa shape index (κ2) is 4.19. The number of nitrogens with one attached hydrogen (secondary N) is 2. The van der Waals surface area contributed by atoms with Gasteiger partial charge in [-0.3, -0.25) is 0 Å². The fourth-order valence-electron chi connectivity index (χ4n) is 2.01. The van der Waals surface area contributed by atoms with Gasteiger partial charge in [-0.15, -0.1) is 0 Å². The Bertz CT molecular complexity index is 185. The molecule has 1 aliphatic rings. The highest BCUT2D eigenvalue weighted by atomic mass is 15.0. The Kier molecular flexibility index (Phi) is 3.59. The average Bonchev–Trinajstić information content (AvgIpc) is 2.09. The highest BCUT2D eigenvalue weighted by Gasteiger charge is 2.34. The summed E-state index contributed by atoms with van der Waals surface area (Å²) in [5, 5.41) is 7.26. The van der Waals surface area contributed by atoms with Gasteiger partial charge in [0.1, 0.15) is 0 Å². The second-order valence-electron chi connectivity index (χ2n) is 5.89. The number of rotatable bonds is 3. The van der Waals surface area contributed by atoms with E-state index in [1.165, 1.54) is 12.8 Å². The van der Waals surface area contributed by atoms with Crippen LogP contribution in [0.3, 0.4) is 0 Å². The van der Waals surface area contributed by atoms with Crippen LogP contribution < -0.4 is 10.6 Å². The van der Waals surface area contributed by atoms with Crippen molar-refractivity contribution in [1.29, 1.82) is 0 Å². The molecule has 0 amide bonds. The molecule has 0 bridgehead atoms. The first-order valence-corrected chi connectivity index (χ1v) is 5.86. The molecule has 0 aromatic rings. The van der Waals surface area contributed by atoms with Crippen molar-refractivity contribution in [3.05, 3.63) is 0 Å². The maximum absolute atomic E-state index is 3.80. The van der Waals surface area contributed by atoms with Crippen molar-refractivity contribution >= 4 is 0 Å². The number of piperidine rings is 1. The van der Waals surface area contributed by atoms with E-state index >= 15 is 0 Å². The minimum Gasteiger partial charge on any atom is -0.316 e. The largest absolute Gasteiger partial charge is 0.316 e. The van der Waals surface area contributed by atoms with Crippen LogP contribution in [0, 0.1) is 5.41 Å². The molecule has 2 nitrogen and oxygen atoms in total. The Balaban J connectivity index is 2.58. The molecule has 14 heavy (non-hydrogen) atoms. The highest BCUT2D eigenvalue weighted by molar-refractivity contribution is 4.94. The summed E-state index contributed by atoms with van der Waals surface area (Å²) in [4.78, 5) is 0. The normalized spacial score (nSPS) is 27.6. The molecule has 0 radical (unpaired) electrons. The van der Waals surface area contributed by atoms with Crippen LogP contribution in [0.4, 0.5) is 0 Å². The molecule has 1 rings (SSSR count). The third-order valence-corrected chi connectivity index (χ3v) is 3.58. The van der Waals surface area contributed by atoms with Crippen LogP contribution >= 0.6 is 0 Å². The van der Waals surface area contributed by atoms with Gasteiger partial charge in [0.15, 0.2) is 0 Å². The molecule has 0 aliphatic carbocycles. The maximum atomic E-state index is 3.80. The molecule has 2 heteroatoms. The first-order chi connectivity index (χ1) is 6.37. The first kappa shape index (κ1) is 12.0. The summed E-state index contributed by atoms with van der Waals surface area (Å²) in [7, 11) is 0. The SMILES string of the molecule is CCC(C)(C)NC1CCNCC1(C)C. The average molecular weight is 198 g/mol. The number of hydrogen-bond acceptors (Lipinski definition) is 2. The molecular weight excluding hydrogens is 172 g/mol. The summed E-state index contributed by atoms with van der Waals surface area (Å²) in [5.41, 5.74) is 0.657. The van der Waals surface area contributed by atoms with E-state index in [0.29, 0.717) is 11.5 Å². The standard InChI is InChI=1S/C12H26N2/c1-6-12(4,5)14-10-7-8-13-9-11(10,2)3/h10,13-14H,6-9H2,1-5H3. The van der Waals surface area contributed by atoms with Gasteiger partial charge in [-0.1, -0.05) is 20.8 Å². The predicted molar refractivity (Wildman–Crippen MR) is 62.6 cm³/mol. The van der Waals surface area contributed by atoms with Crippen LogP contribution in [0.15, 0.2) is 0 Å². The van der Waals surface area contributed by atoms with Gasteiger partial charge >= 0.3 is 0 Å². The zero-order valence-electron chi connectivity index (χ0n) is 10.4. The molecule has 1 fully saturated rings. The lowest BCUT2D eigenvalue weighted by atomic mass is 9.78. The second-order valence-corrected chi connectivity index (χ2v) is 5.89. The summed E-state index contributed by atoms with van der Waals surface area (Å²) in [6, 6.07) is 0.652. The molecule has 1 saturated heterocycles. The van der Waals surface area contributed by atoms with Crippen molar-refractivity contribution < 1.29 is 0 Å². The summed E-state index contributed by atoms with van der Waals surface area (Å²) in [5.74, 6) is 0. The van der Waals surface area contributed by atoms with Crippen LogP contribution in [-0.2, 0) is 0 Å². The van der Waals surface area contributed by atoms with Crippen molar-refractivity contribution in [3.8, 4) is 0 Å². The predicted octanol–water partition coefficient (Wildman–Crippen LogP) is 2.15. The summed E-state index contributed by atoms with van der Waals surface area (Å²) < 4.78 is 0. The minimum atomic E-state index is 0.277. The smallest absolute Gasteiger partial charge is 0.0147 e. The van der Waals surface area contributed by atoms with E-state index in [1.807, 2.05) is 0 Å². The van der Waals surface area contributed by atoms with Gasteiger partial charge < -0.3 is 10.6 Å². The lowest BCUT2D eigenvalue weighted by Crippen LogP contribution is -2.58. The van der Waals surface area contributed by atoms with E-state index in [1.54, 1.807) is 0 Å². The van der Waals surface area contributed by atoms with E-state index in [2.05, 4.69) is 45.3 Å². The molecule has 1 unspecified atom stereocenters. The quantitative estimate of drug-likeness (QED) is 0.726. The third-order valence-electron chi connectivity index (χ3n) is 3.58. The maximum Gasteiger partial charge on any atom is 0.0147 e. The van der Waals surface area contributed by atoms with Crippen LogP contribution in [0.2, 0.25) is 0 Å². The van der Waals surface area contributed by atoms with E-state index in [9.17, 15) is 0 Å². The molecule has 84 valence electrons. The lowest BCUT2D eigenvalue weighted by molar-refractivity contribution is 0.148. The van der Waals surface area contributed by atoms with E-state index in [-0.39, 0.29) is 5.54 Å². The van der Waals surface area contributed by atoms with Crippen LogP contribution in [0.5, 0.6) is 0 Å². The minimum absolute atomic E-state index is 0.277. The topological polar surface area (TPSA) is 24.1 Å². The van der Waals surface area contributed by atoms with Gasteiger partial charge in [-0.25, -0.2) is 0 Å². The zero-order chi connectivity index (χ0) is 10.8. The fourth-order valence-corrected chi connectivity index (χ4v) is 2.01. The Morgan fingerprint density at radius 1 is 1.43 bits per heavy atom. The third kappa shape index (κ3) is 2.96. The van der Waals surface area contributed by atoms with Crippen molar-refractivity contribution in [2.45, 2.75) is 59.0 Å². The Morgan fingerprint density at radius 3 is 2.57 bits per heavy atom. The van der Waals surface area contributed by atoms with Gasteiger partial charge in [0.2, 0.25) is 0 Å². The Hall–Kier alpha value is -0.0800. The highest BCUT2D eigenvalue weighted by Crippen LogP contribution is 2.27. The zero-order valence-corrected chi connectivity index (χ0v) is 10.4. The molecule has 1 atom stereocenters. The van der Waals surface area contributed by atoms with Crippen molar-refractivity contribution in [1.82, 2.24) is 10.6 Å².